The lowest BCUT2D eigenvalue weighted by Gasteiger charge is -2.26. The summed E-state index contributed by atoms with van der Waals surface area (Å²) in [4.78, 5) is 69.3. The summed E-state index contributed by atoms with van der Waals surface area (Å²) in [6.45, 7) is 16.5. The molecule has 61 heavy (non-hydrogen) atoms. The van der Waals surface area contributed by atoms with Crippen LogP contribution in [0.3, 0.4) is 0 Å². The third-order valence-electron chi connectivity index (χ3n) is 7.91. The number of carbonyl (C=O) groups excluding carboxylic acids is 6. The zero-order valence-corrected chi connectivity index (χ0v) is 35.8. The summed E-state index contributed by atoms with van der Waals surface area (Å²) < 4.78 is 88.3. The van der Waals surface area contributed by atoms with Crippen molar-refractivity contribution in [3.05, 3.63) is 70.8 Å². The number of nitrogens with one attached hydrogen (secondary N) is 2. The van der Waals surface area contributed by atoms with Gasteiger partial charge >= 0.3 is 36.1 Å². The lowest BCUT2D eigenvalue weighted by atomic mass is 9.95. The number of benzene rings is 2. The van der Waals surface area contributed by atoms with E-state index in [9.17, 15) is 46.3 Å². The van der Waals surface area contributed by atoms with Crippen LogP contribution in [0.5, 0.6) is 0 Å². The molecule has 2 aliphatic rings. The molecule has 2 fully saturated rings. The minimum Gasteiger partial charge on any atom is -0.466 e. The number of alkyl carbamates (subject to hydrolysis) is 2. The molecule has 19 heteroatoms. The van der Waals surface area contributed by atoms with Crippen LogP contribution in [0.15, 0.2) is 36.4 Å². The molecular formula is C42H56F4N2O13. The van der Waals surface area contributed by atoms with Gasteiger partial charge in [0.1, 0.15) is 53.1 Å². The molecule has 0 aliphatic carbocycles. The topological polar surface area (TPSA) is 194 Å². The van der Waals surface area contributed by atoms with Crippen molar-refractivity contribution in [2.45, 2.75) is 123 Å². The Morgan fingerprint density at radius 3 is 1.38 bits per heavy atom. The smallest absolute Gasteiger partial charge is 0.408 e. The Morgan fingerprint density at radius 2 is 1.03 bits per heavy atom. The summed E-state index contributed by atoms with van der Waals surface area (Å²) in [6.07, 6.45) is -2.48. The SMILES string of the molecule is CC(C)(C)OC(=O)N[C@@H](Cc1cc(F)cc(F)c1)[C@@H]1CO1.CCOC(=O)C1C[C@@H]([C@H](Cc2cc(F)cc(F)c2)NC(=O)OC(C)(C)C)OC1=O.CCOC(=O)CC(=O)OCC. The number of epoxide rings is 1. The Labute approximate surface area is 352 Å². The highest BCUT2D eigenvalue weighted by Gasteiger charge is 2.44. The van der Waals surface area contributed by atoms with Crippen LogP contribution < -0.4 is 10.6 Å². The largest absolute Gasteiger partial charge is 0.466 e. The van der Waals surface area contributed by atoms with E-state index in [1.165, 1.54) is 12.1 Å². The normalized spacial score (nSPS) is 17.7. The number of hydrogen-bond acceptors (Lipinski definition) is 13. The van der Waals surface area contributed by atoms with Crippen molar-refractivity contribution in [2.24, 2.45) is 5.92 Å². The molecule has 0 saturated carbocycles. The van der Waals surface area contributed by atoms with Gasteiger partial charge in [-0.3, -0.25) is 19.2 Å². The van der Waals surface area contributed by atoms with E-state index >= 15 is 0 Å². The molecule has 2 amide bonds. The van der Waals surface area contributed by atoms with Crippen LogP contribution in [-0.4, -0.2) is 98.0 Å². The van der Waals surface area contributed by atoms with Crippen LogP contribution in [-0.2, 0) is 65.2 Å². The molecule has 0 spiro atoms. The fraction of sp³-hybridized carbons (Fsp3) is 0.571. The van der Waals surface area contributed by atoms with Gasteiger partial charge in [-0.05, 0) is 111 Å². The summed E-state index contributed by atoms with van der Waals surface area (Å²) in [5, 5.41) is 5.27. The van der Waals surface area contributed by atoms with Gasteiger partial charge in [-0.25, -0.2) is 27.2 Å². The maximum absolute atomic E-state index is 13.6. The van der Waals surface area contributed by atoms with Gasteiger partial charge in [0, 0.05) is 18.6 Å². The predicted octanol–water partition coefficient (Wildman–Crippen LogP) is 6.20. The van der Waals surface area contributed by atoms with E-state index in [1.54, 1.807) is 62.3 Å². The van der Waals surface area contributed by atoms with Gasteiger partial charge in [0.05, 0.1) is 38.5 Å². The van der Waals surface area contributed by atoms with Crippen LogP contribution >= 0.6 is 0 Å². The highest BCUT2D eigenvalue weighted by molar-refractivity contribution is 5.96. The zero-order valence-electron chi connectivity index (χ0n) is 35.8. The molecule has 2 saturated heterocycles. The van der Waals surface area contributed by atoms with Crippen molar-refractivity contribution in [3.63, 3.8) is 0 Å². The van der Waals surface area contributed by atoms with Gasteiger partial charge in [0.25, 0.3) is 0 Å². The van der Waals surface area contributed by atoms with E-state index < -0.39 is 88.6 Å². The molecule has 0 radical (unpaired) electrons. The van der Waals surface area contributed by atoms with Crippen LogP contribution in [0.4, 0.5) is 27.2 Å². The molecule has 0 aromatic heterocycles. The summed E-state index contributed by atoms with van der Waals surface area (Å²) in [6, 6.07) is 5.03. The number of carbonyl (C=O) groups is 6. The fourth-order valence-electron chi connectivity index (χ4n) is 5.55. The van der Waals surface area contributed by atoms with E-state index in [0.29, 0.717) is 12.2 Å². The molecule has 15 nitrogen and oxygen atoms in total. The highest BCUT2D eigenvalue weighted by Crippen LogP contribution is 2.27. The molecule has 340 valence electrons. The Hall–Kier alpha value is -5.46. The molecule has 0 bridgehead atoms. The first-order chi connectivity index (χ1) is 28.4. The monoisotopic (exact) mass is 872 g/mol. The fourth-order valence-corrected chi connectivity index (χ4v) is 5.55. The van der Waals surface area contributed by atoms with Gasteiger partial charge in [0.2, 0.25) is 0 Å². The Morgan fingerprint density at radius 1 is 0.656 bits per heavy atom. The van der Waals surface area contributed by atoms with Crippen LogP contribution in [0.2, 0.25) is 0 Å². The molecule has 2 aliphatic heterocycles. The van der Waals surface area contributed by atoms with Crippen molar-refractivity contribution < 1.29 is 79.5 Å². The molecular weight excluding hydrogens is 816 g/mol. The summed E-state index contributed by atoms with van der Waals surface area (Å²) in [7, 11) is 0. The van der Waals surface area contributed by atoms with E-state index in [4.69, 9.17) is 23.7 Å². The minimum atomic E-state index is -1.12. The molecule has 5 atom stereocenters. The van der Waals surface area contributed by atoms with Crippen molar-refractivity contribution in [1.29, 1.82) is 0 Å². The van der Waals surface area contributed by atoms with E-state index in [2.05, 4.69) is 20.1 Å². The summed E-state index contributed by atoms with van der Waals surface area (Å²) in [5.41, 5.74) is -0.674. The quantitative estimate of drug-likeness (QED) is 0.0718. The molecule has 2 N–H and O–H groups in total. The summed E-state index contributed by atoms with van der Waals surface area (Å²) >= 11 is 0. The maximum atomic E-state index is 13.6. The Kier molecular flexibility index (Phi) is 20.4. The number of hydrogen-bond donors (Lipinski definition) is 2. The lowest BCUT2D eigenvalue weighted by Crippen LogP contribution is -2.46. The second-order valence-corrected chi connectivity index (χ2v) is 15.6. The van der Waals surface area contributed by atoms with Gasteiger partial charge in [-0.2, -0.15) is 0 Å². The Bertz CT molecular complexity index is 1760. The first-order valence-electron chi connectivity index (χ1n) is 19.6. The Balaban J connectivity index is 0.000000349. The first kappa shape index (κ1) is 51.7. The van der Waals surface area contributed by atoms with E-state index in [1.807, 2.05) is 0 Å². The number of rotatable bonds is 14. The number of ether oxygens (including phenoxy) is 7. The van der Waals surface area contributed by atoms with Crippen LogP contribution in [0.25, 0.3) is 0 Å². The third-order valence-corrected chi connectivity index (χ3v) is 7.91. The van der Waals surface area contributed by atoms with Gasteiger partial charge in [-0.15, -0.1) is 0 Å². The van der Waals surface area contributed by atoms with E-state index in [0.717, 1.165) is 24.3 Å². The first-order valence-corrected chi connectivity index (χ1v) is 19.6. The number of esters is 4. The average molecular weight is 873 g/mol. The maximum Gasteiger partial charge on any atom is 0.408 e. The van der Waals surface area contributed by atoms with Gasteiger partial charge < -0.3 is 43.8 Å². The van der Waals surface area contributed by atoms with Crippen molar-refractivity contribution in [1.82, 2.24) is 10.6 Å². The van der Waals surface area contributed by atoms with Gasteiger partial charge in [0.15, 0.2) is 5.92 Å². The molecule has 2 aromatic rings. The van der Waals surface area contributed by atoms with Crippen molar-refractivity contribution >= 4 is 36.1 Å². The molecule has 2 aromatic carbocycles. The molecule has 4 rings (SSSR count). The number of amides is 2. The van der Waals surface area contributed by atoms with Crippen LogP contribution in [0, 0.1) is 29.2 Å². The van der Waals surface area contributed by atoms with Gasteiger partial charge in [-0.1, -0.05) is 0 Å². The molecule has 1 unspecified atom stereocenters. The second-order valence-electron chi connectivity index (χ2n) is 15.6. The third kappa shape index (κ3) is 21.1. The van der Waals surface area contributed by atoms with Crippen molar-refractivity contribution in [3.8, 4) is 0 Å². The number of halogens is 4. The average Bonchev–Trinajstić information content (AvgIpc) is 3.87. The summed E-state index contributed by atoms with van der Waals surface area (Å²) in [5.74, 6) is -6.50. The lowest BCUT2D eigenvalue weighted by molar-refractivity contribution is -0.157. The zero-order chi connectivity index (χ0) is 46.1. The number of cyclic esters (lactones) is 1. The second kappa shape index (κ2) is 24.1. The van der Waals surface area contributed by atoms with Crippen molar-refractivity contribution in [2.75, 3.05) is 26.4 Å². The van der Waals surface area contributed by atoms with E-state index in [-0.39, 0.29) is 63.2 Å². The minimum absolute atomic E-state index is 0.0318. The molecule has 2 heterocycles. The standard InChI is InChI=1S/C20H25F2NO6.C15H19F2NO3.C7H12O4/c1-5-27-17(24)14-10-16(28-18(14)25)15(23-19(26)29-20(2,3)4)8-11-6-12(21)9-13(22)7-11;1-15(2,3)21-14(19)18-12(13-8-20-13)6-9-4-10(16)7-11(17)5-9;1-3-10-6(8)5-7(9)11-4-2/h6-7,9,14-16H,5,8,10H2,1-4H3,(H,23,26);4-5,7,12-13H,6,8H2,1-3H3,(H,18,19);3-5H2,1-2H3/t14?,15-,16-;12-,13-;/m00./s1. The van der Waals surface area contributed by atoms with Crippen LogP contribution in [0.1, 0.15) is 86.3 Å². The highest BCUT2D eigenvalue weighted by atomic mass is 19.1. The predicted molar refractivity (Wildman–Crippen MR) is 209 cm³/mol.